The number of fused-ring (bicyclic) bond motifs is 1. The zero-order valence-electron chi connectivity index (χ0n) is 13.5. The number of aryl methyl sites for hydroxylation is 1. The number of nitrogens with zero attached hydrogens (tertiary/aromatic N) is 2. The summed E-state index contributed by atoms with van der Waals surface area (Å²) in [6, 6.07) is 14.1. The fourth-order valence-corrected chi connectivity index (χ4v) is 2.85. The van der Waals surface area contributed by atoms with Crippen LogP contribution in [0.5, 0.6) is 0 Å². The first-order chi connectivity index (χ1) is 12.0. The summed E-state index contributed by atoms with van der Waals surface area (Å²) >= 11 is 6.06. The smallest absolute Gasteiger partial charge is 0.317 e. The van der Waals surface area contributed by atoms with Gasteiger partial charge in [0, 0.05) is 18.6 Å². The fraction of sp³-hybridized carbons (Fsp3) is 0.167. The highest BCUT2D eigenvalue weighted by Gasteiger charge is 2.13. The molecule has 25 heavy (non-hydrogen) atoms. The van der Waals surface area contributed by atoms with Crippen LogP contribution in [0.3, 0.4) is 0 Å². The van der Waals surface area contributed by atoms with E-state index in [4.69, 9.17) is 11.6 Å². The molecule has 0 spiro atoms. The van der Waals surface area contributed by atoms with Crippen molar-refractivity contribution in [1.29, 1.82) is 0 Å². The predicted molar refractivity (Wildman–Crippen MR) is 96.7 cm³/mol. The lowest BCUT2D eigenvalue weighted by atomic mass is 10.2. The molecule has 1 heterocycles. The minimum Gasteiger partial charge on any atom is -0.350 e. The lowest BCUT2D eigenvalue weighted by Gasteiger charge is -2.13. The van der Waals surface area contributed by atoms with Crippen LogP contribution >= 0.6 is 11.6 Å². The van der Waals surface area contributed by atoms with Crippen molar-refractivity contribution in [3.63, 3.8) is 0 Å². The van der Waals surface area contributed by atoms with Gasteiger partial charge >= 0.3 is 11.1 Å². The molecule has 3 rings (SSSR count). The lowest BCUT2D eigenvalue weighted by molar-refractivity contribution is -0.121. The first-order valence-corrected chi connectivity index (χ1v) is 8.05. The molecule has 128 valence electrons. The van der Waals surface area contributed by atoms with Crippen LogP contribution in [0.15, 0.2) is 58.1 Å². The summed E-state index contributed by atoms with van der Waals surface area (Å²) in [6.07, 6.45) is 0. The first-order valence-electron chi connectivity index (χ1n) is 7.67. The summed E-state index contributed by atoms with van der Waals surface area (Å²) in [5, 5.41) is 3.28. The number of nitrogens with one attached hydrogen (secondary N) is 1. The van der Waals surface area contributed by atoms with E-state index in [1.165, 1.54) is 16.2 Å². The Kier molecular flexibility index (Phi) is 4.72. The summed E-state index contributed by atoms with van der Waals surface area (Å²) < 4.78 is 2.48. The van der Waals surface area contributed by atoms with Crippen molar-refractivity contribution in [3.05, 3.63) is 79.8 Å². The third kappa shape index (κ3) is 3.34. The van der Waals surface area contributed by atoms with Gasteiger partial charge in [-0.3, -0.25) is 19.0 Å². The van der Waals surface area contributed by atoms with E-state index in [9.17, 15) is 14.4 Å². The zero-order valence-corrected chi connectivity index (χ0v) is 14.3. The predicted octanol–water partition coefficient (Wildman–Crippen LogP) is 1.67. The molecule has 0 aliphatic rings. The fourth-order valence-electron chi connectivity index (χ4n) is 2.65. The first kappa shape index (κ1) is 17.0. The Bertz CT molecular complexity index is 1070. The average Bonchev–Trinajstić information content (AvgIpc) is 2.63. The van der Waals surface area contributed by atoms with E-state index in [0.29, 0.717) is 16.1 Å². The van der Waals surface area contributed by atoms with E-state index in [0.717, 1.165) is 5.56 Å². The lowest BCUT2D eigenvalue weighted by Crippen LogP contribution is -2.43. The van der Waals surface area contributed by atoms with Gasteiger partial charge in [0.25, 0.3) is 0 Å². The van der Waals surface area contributed by atoms with Crippen LogP contribution in [-0.4, -0.2) is 15.0 Å². The third-order valence-electron chi connectivity index (χ3n) is 4.00. The van der Waals surface area contributed by atoms with Crippen LogP contribution in [0.2, 0.25) is 5.02 Å². The van der Waals surface area contributed by atoms with Crippen molar-refractivity contribution >= 4 is 28.5 Å². The molecule has 6 nitrogen and oxygen atoms in total. The Morgan fingerprint density at radius 3 is 2.36 bits per heavy atom. The van der Waals surface area contributed by atoms with Crippen molar-refractivity contribution in [2.45, 2.75) is 13.1 Å². The van der Waals surface area contributed by atoms with Gasteiger partial charge in [-0.05, 0) is 23.8 Å². The number of amides is 1. The summed E-state index contributed by atoms with van der Waals surface area (Å²) in [4.78, 5) is 36.7. The van der Waals surface area contributed by atoms with E-state index in [-0.39, 0.29) is 19.0 Å². The number of hydrogen-bond acceptors (Lipinski definition) is 3. The maximum Gasteiger partial charge on any atom is 0.317 e. The van der Waals surface area contributed by atoms with Crippen LogP contribution < -0.4 is 16.4 Å². The number of para-hydroxylation sites is 2. The average molecular weight is 358 g/mol. The summed E-state index contributed by atoms with van der Waals surface area (Å²) in [5.41, 5.74) is 0.499. The zero-order chi connectivity index (χ0) is 18.0. The van der Waals surface area contributed by atoms with Crippen LogP contribution in [0.25, 0.3) is 11.0 Å². The SMILES string of the molecule is Cn1c(=O)c(=O)n(CC(=O)NCc2ccccc2Cl)c2ccccc21. The van der Waals surface area contributed by atoms with Gasteiger partial charge in [0.2, 0.25) is 5.91 Å². The molecule has 2 aromatic carbocycles. The standard InChI is InChI=1S/C18H16ClN3O3/c1-21-14-8-4-5-9-15(14)22(18(25)17(21)24)11-16(23)20-10-12-6-2-3-7-13(12)19/h2-9H,10-11H2,1H3,(H,20,23). The van der Waals surface area contributed by atoms with Crippen LogP contribution in [0.1, 0.15) is 5.56 Å². The van der Waals surface area contributed by atoms with E-state index < -0.39 is 11.1 Å². The van der Waals surface area contributed by atoms with Crippen molar-refractivity contribution in [1.82, 2.24) is 14.5 Å². The molecule has 0 aliphatic heterocycles. The van der Waals surface area contributed by atoms with Crippen LogP contribution in [0.4, 0.5) is 0 Å². The minimum atomic E-state index is -0.728. The number of carbonyl (C=O) groups is 1. The molecule has 0 unspecified atom stereocenters. The van der Waals surface area contributed by atoms with Gasteiger partial charge < -0.3 is 9.88 Å². The molecule has 1 aromatic heterocycles. The molecular formula is C18H16ClN3O3. The topological polar surface area (TPSA) is 73.1 Å². The Hall–Kier alpha value is -2.86. The largest absolute Gasteiger partial charge is 0.350 e. The molecule has 0 atom stereocenters. The van der Waals surface area contributed by atoms with E-state index in [1.807, 2.05) is 12.1 Å². The molecule has 0 saturated carbocycles. The minimum absolute atomic E-state index is 0.236. The van der Waals surface area contributed by atoms with Gasteiger partial charge in [-0.25, -0.2) is 0 Å². The monoisotopic (exact) mass is 357 g/mol. The number of halogens is 1. The maximum atomic E-state index is 12.3. The number of carbonyl (C=O) groups excluding carboxylic acids is 1. The third-order valence-corrected chi connectivity index (χ3v) is 4.37. The van der Waals surface area contributed by atoms with E-state index >= 15 is 0 Å². The van der Waals surface area contributed by atoms with E-state index in [1.54, 1.807) is 36.4 Å². The Labute approximate surface area is 148 Å². The van der Waals surface area contributed by atoms with Crippen molar-refractivity contribution in [2.75, 3.05) is 0 Å². The second-order valence-electron chi connectivity index (χ2n) is 5.61. The van der Waals surface area contributed by atoms with Crippen LogP contribution in [-0.2, 0) is 24.9 Å². The van der Waals surface area contributed by atoms with Gasteiger partial charge in [0.15, 0.2) is 0 Å². The molecule has 0 bridgehead atoms. The molecule has 0 radical (unpaired) electrons. The quantitative estimate of drug-likeness (QED) is 0.722. The molecule has 0 aliphatic carbocycles. The van der Waals surface area contributed by atoms with Gasteiger partial charge in [-0.1, -0.05) is 41.9 Å². The molecule has 0 fully saturated rings. The number of hydrogen-bond donors (Lipinski definition) is 1. The molecule has 1 N–H and O–H groups in total. The second kappa shape index (κ2) is 6.94. The molecular weight excluding hydrogens is 342 g/mol. The van der Waals surface area contributed by atoms with Gasteiger partial charge in [0.1, 0.15) is 6.54 Å². The summed E-state index contributed by atoms with van der Waals surface area (Å²) in [7, 11) is 1.54. The Morgan fingerprint density at radius 1 is 1.00 bits per heavy atom. The van der Waals surface area contributed by atoms with Crippen LogP contribution in [0, 0.1) is 0 Å². The van der Waals surface area contributed by atoms with Crippen molar-refractivity contribution in [2.24, 2.45) is 7.05 Å². The summed E-state index contributed by atoms with van der Waals surface area (Å²) in [6.45, 7) is 0.00983. The van der Waals surface area contributed by atoms with Gasteiger partial charge in [-0.2, -0.15) is 0 Å². The van der Waals surface area contributed by atoms with E-state index in [2.05, 4.69) is 5.32 Å². The van der Waals surface area contributed by atoms with Crippen molar-refractivity contribution < 1.29 is 4.79 Å². The Balaban J connectivity index is 1.88. The highest BCUT2D eigenvalue weighted by molar-refractivity contribution is 6.31. The molecule has 0 saturated heterocycles. The highest BCUT2D eigenvalue weighted by atomic mass is 35.5. The second-order valence-corrected chi connectivity index (χ2v) is 6.02. The Morgan fingerprint density at radius 2 is 1.64 bits per heavy atom. The maximum absolute atomic E-state index is 12.3. The molecule has 1 amide bonds. The summed E-state index contributed by atoms with van der Waals surface area (Å²) in [5.74, 6) is -0.375. The normalized spacial score (nSPS) is 10.8. The van der Waals surface area contributed by atoms with Crippen molar-refractivity contribution in [3.8, 4) is 0 Å². The molecule has 3 aromatic rings. The number of aromatic nitrogens is 2. The van der Waals surface area contributed by atoms with Gasteiger partial charge in [-0.15, -0.1) is 0 Å². The molecule has 7 heteroatoms. The van der Waals surface area contributed by atoms with Gasteiger partial charge in [0.05, 0.1) is 11.0 Å². The highest BCUT2D eigenvalue weighted by Crippen LogP contribution is 2.14. The number of benzene rings is 2. The number of rotatable bonds is 4.